The van der Waals surface area contributed by atoms with Gasteiger partial charge in [-0.3, -0.25) is 0 Å². The fraction of sp³-hybridized carbons (Fsp3) is 0.714. The normalized spacial score (nSPS) is 12.8. The van der Waals surface area contributed by atoms with Gasteiger partial charge in [0.25, 0.3) is 0 Å². The van der Waals surface area contributed by atoms with Gasteiger partial charge in [0.2, 0.25) is 0 Å². The van der Waals surface area contributed by atoms with Gasteiger partial charge in [0.05, 0.1) is 12.0 Å². The fourth-order valence-corrected chi connectivity index (χ4v) is 2.68. The summed E-state index contributed by atoms with van der Waals surface area (Å²) in [4.78, 5) is 0. The molecule has 0 aliphatic carbocycles. The molecule has 0 amide bonds. The van der Waals surface area contributed by atoms with E-state index in [1.54, 1.807) is 6.26 Å². The Bertz CT molecular complexity index is 261. The van der Waals surface area contributed by atoms with Gasteiger partial charge in [-0.1, -0.05) is 13.8 Å². The maximum atomic E-state index is 5.30. The molecule has 1 rings (SSSR count). The molecule has 0 aromatic carbocycles. The molecule has 0 saturated heterocycles. The van der Waals surface area contributed by atoms with Crippen molar-refractivity contribution < 1.29 is 4.42 Å². The average molecular weight is 255 g/mol. The lowest BCUT2D eigenvalue weighted by Gasteiger charge is -2.15. The summed E-state index contributed by atoms with van der Waals surface area (Å²) < 4.78 is 5.30. The monoisotopic (exact) mass is 255 g/mol. The molecule has 0 saturated carbocycles. The largest absolute Gasteiger partial charge is 0.468 e. The second-order valence-corrected chi connectivity index (χ2v) is 5.44. The predicted molar refractivity (Wildman–Crippen MR) is 76.5 cm³/mol. The van der Waals surface area contributed by atoms with Crippen molar-refractivity contribution in [2.45, 2.75) is 51.3 Å². The van der Waals surface area contributed by atoms with Gasteiger partial charge in [-0.15, -0.1) is 0 Å². The summed E-state index contributed by atoms with van der Waals surface area (Å²) in [6.45, 7) is 5.64. The van der Waals surface area contributed by atoms with Crippen molar-refractivity contribution in [3.8, 4) is 0 Å². The lowest BCUT2D eigenvalue weighted by molar-refractivity contribution is 0.465. The number of furan rings is 1. The third-order valence-electron chi connectivity index (χ3n) is 2.84. The molecule has 17 heavy (non-hydrogen) atoms. The third-order valence-corrected chi connectivity index (χ3v) is 3.91. The van der Waals surface area contributed by atoms with Crippen LogP contribution in [0, 0.1) is 0 Å². The molecule has 3 heteroatoms. The van der Waals surface area contributed by atoms with Crippen LogP contribution in [-0.2, 0) is 5.75 Å². The predicted octanol–water partition coefficient (Wildman–Crippen LogP) is 4.07. The van der Waals surface area contributed by atoms with Crippen molar-refractivity contribution in [2.24, 2.45) is 0 Å². The number of hydrogen-bond donors (Lipinski definition) is 1. The summed E-state index contributed by atoms with van der Waals surface area (Å²) in [7, 11) is 0. The van der Waals surface area contributed by atoms with Crippen LogP contribution in [0.2, 0.25) is 0 Å². The van der Waals surface area contributed by atoms with E-state index < -0.39 is 0 Å². The zero-order chi connectivity index (χ0) is 12.3. The highest BCUT2D eigenvalue weighted by molar-refractivity contribution is 7.98. The van der Waals surface area contributed by atoms with Gasteiger partial charge in [-0.25, -0.2) is 0 Å². The number of thioether (sulfide) groups is 1. The van der Waals surface area contributed by atoms with Crippen LogP contribution in [-0.4, -0.2) is 18.3 Å². The molecule has 1 heterocycles. The van der Waals surface area contributed by atoms with Gasteiger partial charge in [-0.05, 0) is 50.1 Å². The standard InChI is InChI=1S/C14H25NOS/c1-3-9-15-13(4-2)7-6-11-17-12-14-8-5-10-16-14/h5,8,10,13,15H,3-4,6-7,9,11-12H2,1-2H3. The van der Waals surface area contributed by atoms with Crippen molar-refractivity contribution in [3.63, 3.8) is 0 Å². The van der Waals surface area contributed by atoms with Gasteiger partial charge < -0.3 is 9.73 Å². The first-order valence-corrected chi connectivity index (χ1v) is 7.85. The summed E-state index contributed by atoms with van der Waals surface area (Å²) >= 11 is 1.97. The number of hydrogen-bond acceptors (Lipinski definition) is 3. The van der Waals surface area contributed by atoms with Gasteiger partial charge in [0.1, 0.15) is 5.76 Å². The van der Waals surface area contributed by atoms with E-state index in [2.05, 4.69) is 19.2 Å². The van der Waals surface area contributed by atoms with Crippen LogP contribution in [0.3, 0.4) is 0 Å². The zero-order valence-electron chi connectivity index (χ0n) is 11.1. The van der Waals surface area contributed by atoms with E-state index in [-0.39, 0.29) is 0 Å². The van der Waals surface area contributed by atoms with Crippen molar-refractivity contribution >= 4 is 11.8 Å². The first-order valence-electron chi connectivity index (χ1n) is 6.70. The molecule has 1 aromatic heterocycles. The molecule has 1 aromatic rings. The van der Waals surface area contributed by atoms with Crippen molar-refractivity contribution in [2.75, 3.05) is 12.3 Å². The molecule has 1 unspecified atom stereocenters. The van der Waals surface area contributed by atoms with E-state index >= 15 is 0 Å². The molecule has 0 spiro atoms. The summed E-state index contributed by atoms with van der Waals surface area (Å²) in [5.74, 6) is 3.32. The topological polar surface area (TPSA) is 25.2 Å². The maximum Gasteiger partial charge on any atom is 0.113 e. The Morgan fingerprint density at radius 1 is 1.41 bits per heavy atom. The highest BCUT2D eigenvalue weighted by Crippen LogP contribution is 2.15. The summed E-state index contributed by atoms with van der Waals surface area (Å²) in [5.41, 5.74) is 0. The van der Waals surface area contributed by atoms with Crippen LogP contribution in [0.4, 0.5) is 0 Å². The molecule has 98 valence electrons. The smallest absolute Gasteiger partial charge is 0.113 e. The minimum absolute atomic E-state index is 0.708. The SMILES string of the molecule is CCCNC(CC)CCCSCc1ccco1. The molecule has 0 aliphatic rings. The molecular weight excluding hydrogens is 230 g/mol. The fourth-order valence-electron chi connectivity index (χ4n) is 1.80. The van der Waals surface area contributed by atoms with Crippen molar-refractivity contribution in [1.29, 1.82) is 0 Å². The van der Waals surface area contributed by atoms with Gasteiger partial charge in [-0.2, -0.15) is 11.8 Å². The highest BCUT2D eigenvalue weighted by atomic mass is 32.2. The van der Waals surface area contributed by atoms with E-state index in [9.17, 15) is 0 Å². The highest BCUT2D eigenvalue weighted by Gasteiger charge is 2.04. The van der Waals surface area contributed by atoms with E-state index in [0.29, 0.717) is 6.04 Å². The molecule has 1 atom stereocenters. The van der Waals surface area contributed by atoms with Crippen LogP contribution in [0.15, 0.2) is 22.8 Å². The Labute approximate surface area is 110 Å². The van der Waals surface area contributed by atoms with Crippen molar-refractivity contribution in [3.05, 3.63) is 24.2 Å². The first kappa shape index (κ1) is 14.7. The lowest BCUT2D eigenvalue weighted by atomic mass is 10.1. The van der Waals surface area contributed by atoms with Crippen LogP contribution >= 0.6 is 11.8 Å². The molecular formula is C14H25NOS. The quantitative estimate of drug-likeness (QED) is 0.638. The first-order chi connectivity index (χ1) is 8.36. The Morgan fingerprint density at radius 2 is 2.29 bits per heavy atom. The van der Waals surface area contributed by atoms with Crippen molar-refractivity contribution in [1.82, 2.24) is 5.32 Å². The van der Waals surface area contributed by atoms with Crippen LogP contribution in [0.1, 0.15) is 45.3 Å². The molecule has 0 radical (unpaired) electrons. The van der Waals surface area contributed by atoms with E-state index in [1.165, 1.54) is 31.4 Å². The maximum absolute atomic E-state index is 5.30. The second-order valence-electron chi connectivity index (χ2n) is 4.33. The average Bonchev–Trinajstić information content (AvgIpc) is 2.85. The summed E-state index contributed by atoms with van der Waals surface area (Å²) in [5, 5.41) is 3.60. The van der Waals surface area contributed by atoms with E-state index in [0.717, 1.165) is 18.1 Å². The van der Waals surface area contributed by atoms with Crippen LogP contribution < -0.4 is 5.32 Å². The summed E-state index contributed by atoms with van der Waals surface area (Å²) in [6.07, 6.45) is 6.80. The number of rotatable bonds is 10. The Hall–Kier alpha value is -0.410. The Morgan fingerprint density at radius 3 is 2.94 bits per heavy atom. The Balaban J connectivity index is 1.98. The number of nitrogens with one attached hydrogen (secondary N) is 1. The molecule has 1 N–H and O–H groups in total. The molecule has 0 fully saturated rings. The second kappa shape index (κ2) is 9.60. The third kappa shape index (κ3) is 6.79. The Kier molecular flexibility index (Phi) is 8.28. The van der Waals surface area contributed by atoms with E-state index in [1.807, 2.05) is 23.9 Å². The zero-order valence-corrected chi connectivity index (χ0v) is 11.9. The van der Waals surface area contributed by atoms with Gasteiger partial charge >= 0.3 is 0 Å². The summed E-state index contributed by atoms with van der Waals surface area (Å²) in [6, 6.07) is 4.71. The molecule has 0 bridgehead atoms. The van der Waals surface area contributed by atoms with Gasteiger partial charge in [0.15, 0.2) is 0 Å². The minimum Gasteiger partial charge on any atom is -0.468 e. The molecule has 0 aliphatic heterocycles. The lowest BCUT2D eigenvalue weighted by Crippen LogP contribution is -2.29. The van der Waals surface area contributed by atoms with Crippen LogP contribution in [0.5, 0.6) is 0 Å². The minimum atomic E-state index is 0.708. The van der Waals surface area contributed by atoms with Crippen LogP contribution in [0.25, 0.3) is 0 Å². The van der Waals surface area contributed by atoms with Gasteiger partial charge in [0, 0.05) is 6.04 Å². The van der Waals surface area contributed by atoms with E-state index in [4.69, 9.17) is 4.42 Å². The molecule has 2 nitrogen and oxygen atoms in total.